The molecule has 0 amide bonds. The van der Waals surface area contributed by atoms with Gasteiger partial charge in [-0.3, -0.25) is 0 Å². The first kappa shape index (κ1) is 12.3. The molecule has 0 aliphatic carbocycles. The van der Waals surface area contributed by atoms with Crippen LogP contribution in [0.2, 0.25) is 0 Å². The van der Waals surface area contributed by atoms with Gasteiger partial charge in [-0.05, 0) is 19.4 Å². The molecule has 96 valence electrons. The van der Waals surface area contributed by atoms with E-state index >= 15 is 0 Å². The molecule has 0 fully saturated rings. The van der Waals surface area contributed by atoms with Gasteiger partial charge >= 0.3 is 0 Å². The molecule has 0 radical (unpaired) electrons. The molecule has 2 aromatic rings. The second-order valence-electron chi connectivity index (χ2n) is 4.19. The first-order chi connectivity index (χ1) is 8.70. The van der Waals surface area contributed by atoms with E-state index in [0.717, 1.165) is 17.8 Å². The van der Waals surface area contributed by atoms with Gasteiger partial charge in [-0.25, -0.2) is 14.5 Å². The normalized spacial score (nSPS) is 13.8. The minimum Gasteiger partial charge on any atom is -0.370 e. The smallest absolute Gasteiger partial charge is 0.189 e. The first-order valence-electron chi connectivity index (χ1n) is 6.04. The molecule has 0 saturated heterocycles. The van der Waals surface area contributed by atoms with Crippen molar-refractivity contribution in [2.24, 2.45) is 10.7 Å². The zero-order chi connectivity index (χ0) is 13.0. The van der Waals surface area contributed by atoms with E-state index in [0.29, 0.717) is 18.5 Å². The molecular formula is C12H18N6. The van der Waals surface area contributed by atoms with Crippen LogP contribution in [-0.2, 0) is 6.54 Å². The minimum absolute atomic E-state index is 0.330. The molecule has 1 atom stereocenters. The Morgan fingerprint density at radius 1 is 1.50 bits per heavy atom. The Morgan fingerprint density at radius 3 is 3.11 bits per heavy atom. The van der Waals surface area contributed by atoms with Crippen molar-refractivity contribution in [3.8, 4) is 0 Å². The van der Waals surface area contributed by atoms with Crippen LogP contribution in [-0.4, -0.2) is 26.6 Å². The van der Waals surface area contributed by atoms with Gasteiger partial charge in [0.25, 0.3) is 0 Å². The van der Waals surface area contributed by atoms with Crippen LogP contribution in [0.15, 0.2) is 29.5 Å². The van der Waals surface area contributed by atoms with Crippen molar-refractivity contribution in [3.05, 3.63) is 30.2 Å². The van der Waals surface area contributed by atoms with Crippen LogP contribution in [0.25, 0.3) is 5.65 Å². The Labute approximate surface area is 106 Å². The van der Waals surface area contributed by atoms with Gasteiger partial charge in [0.05, 0.1) is 18.4 Å². The van der Waals surface area contributed by atoms with Crippen LogP contribution in [0.1, 0.15) is 26.0 Å². The molecule has 18 heavy (non-hydrogen) atoms. The average molecular weight is 246 g/mol. The van der Waals surface area contributed by atoms with E-state index in [4.69, 9.17) is 5.73 Å². The average Bonchev–Trinajstić information content (AvgIpc) is 2.84. The summed E-state index contributed by atoms with van der Waals surface area (Å²) in [6, 6.07) is 4.07. The lowest BCUT2D eigenvalue weighted by molar-refractivity contribution is 0.636. The lowest BCUT2D eigenvalue weighted by atomic mass is 10.3. The highest BCUT2D eigenvalue weighted by Crippen LogP contribution is 2.04. The highest BCUT2D eigenvalue weighted by molar-refractivity contribution is 5.78. The number of nitrogens with two attached hydrogens (primary N) is 1. The number of hydrogen-bond donors (Lipinski definition) is 2. The van der Waals surface area contributed by atoms with Gasteiger partial charge < -0.3 is 11.1 Å². The van der Waals surface area contributed by atoms with Crippen molar-refractivity contribution in [2.75, 3.05) is 0 Å². The fraction of sp³-hybridized carbons (Fsp3) is 0.417. The molecule has 0 spiro atoms. The maximum Gasteiger partial charge on any atom is 0.189 e. The summed E-state index contributed by atoms with van der Waals surface area (Å²) in [7, 11) is 0. The van der Waals surface area contributed by atoms with Crippen LogP contribution >= 0.6 is 0 Å². The SMILES string of the molecule is CCC(C)NC(N)=NCc1ccnc2ccnn12. The van der Waals surface area contributed by atoms with E-state index in [1.807, 2.05) is 12.1 Å². The summed E-state index contributed by atoms with van der Waals surface area (Å²) in [4.78, 5) is 8.50. The minimum atomic E-state index is 0.330. The van der Waals surface area contributed by atoms with Gasteiger partial charge in [-0.2, -0.15) is 5.10 Å². The molecule has 2 aromatic heterocycles. The molecule has 1 unspecified atom stereocenters. The molecule has 6 nitrogen and oxygen atoms in total. The fourth-order valence-electron chi connectivity index (χ4n) is 1.57. The Morgan fingerprint density at radius 2 is 2.33 bits per heavy atom. The lowest BCUT2D eigenvalue weighted by Crippen LogP contribution is -2.38. The largest absolute Gasteiger partial charge is 0.370 e. The number of fused-ring (bicyclic) bond motifs is 1. The topological polar surface area (TPSA) is 80.6 Å². The summed E-state index contributed by atoms with van der Waals surface area (Å²) >= 11 is 0. The number of rotatable bonds is 4. The summed E-state index contributed by atoms with van der Waals surface area (Å²) in [5.74, 6) is 0.460. The predicted octanol–water partition coefficient (Wildman–Crippen LogP) is 0.932. The molecule has 0 aromatic carbocycles. The highest BCUT2D eigenvalue weighted by Gasteiger charge is 2.02. The van der Waals surface area contributed by atoms with E-state index in [9.17, 15) is 0 Å². The molecule has 2 rings (SSSR count). The Kier molecular flexibility index (Phi) is 3.76. The second kappa shape index (κ2) is 5.48. The van der Waals surface area contributed by atoms with Gasteiger partial charge in [0.1, 0.15) is 0 Å². The number of aliphatic imine (C=N–C) groups is 1. The molecule has 2 heterocycles. The quantitative estimate of drug-likeness (QED) is 0.621. The Balaban J connectivity index is 2.09. The standard InChI is InChI=1S/C12H18N6/c1-3-9(2)17-12(13)15-8-10-4-6-14-11-5-7-16-18(10)11/h4-7,9H,3,8H2,1-2H3,(H3,13,15,17). The molecule has 0 aliphatic heterocycles. The monoisotopic (exact) mass is 246 g/mol. The Hall–Kier alpha value is -2.11. The lowest BCUT2D eigenvalue weighted by Gasteiger charge is -2.11. The molecule has 3 N–H and O–H groups in total. The fourth-order valence-corrected chi connectivity index (χ4v) is 1.57. The number of guanidine groups is 1. The number of nitrogens with one attached hydrogen (secondary N) is 1. The van der Waals surface area contributed by atoms with Gasteiger partial charge in [0, 0.05) is 18.3 Å². The van der Waals surface area contributed by atoms with E-state index in [1.54, 1.807) is 16.9 Å². The Bertz CT molecular complexity index is 544. The van der Waals surface area contributed by atoms with Gasteiger partial charge in [0.2, 0.25) is 0 Å². The highest BCUT2D eigenvalue weighted by atomic mass is 15.3. The van der Waals surface area contributed by atoms with Gasteiger partial charge in [-0.15, -0.1) is 0 Å². The van der Waals surface area contributed by atoms with Crippen molar-refractivity contribution in [3.63, 3.8) is 0 Å². The van der Waals surface area contributed by atoms with Crippen molar-refractivity contribution >= 4 is 11.6 Å². The van der Waals surface area contributed by atoms with Crippen molar-refractivity contribution in [2.45, 2.75) is 32.9 Å². The first-order valence-corrected chi connectivity index (χ1v) is 6.04. The van der Waals surface area contributed by atoms with E-state index in [1.165, 1.54) is 0 Å². The van der Waals surface area contributed by atoms with Crippen LogP contribution in [0.3, 0.4) is 0 Å². The van der Waals surface area contributed by atoms with Crippen molar-refractivity contribution in [1.29, 1.82) is 0 Å². The van der Waals surface area contributed by atoms with Crippen molar-refractivity contribution in [1.82, 2.24) is 19.9 Å². The predicted molar refractivity (Wildman–Crippen MR) is 71.2 cm³/mol. The summed E-state index contributed by atoms with van der Waals surface area (Å²) in [6.45, 7) is 4.65. The molecular weight excluding hydrogens is 228 g/mol. The second-order valence-corrected chi connectivity index (χ2v) is 4.19. The summed E-state index contributed by atoms with van der Waals surface area (Å²) in [5, 5.41) is 7.32. The van der Waals surface area contributed by atoms with Crippen molar-refractivity contribution < 1.29 is 0 Å². The van der Waals surface area contributed by atoms with Crippen LogP contribution in [0, 0.1) is 0 Å². The zero-order valence-electron chi connectivity index (χ0n) is 10.7. The molecule has 0 saturated carbocycles. The van der Waals surface area contributed by atoms with Crippen LogP contribution in [0.5, 0.6) is 0 Å². The third-order valence-corrected chi connectivity index (χ3v) is 2.79. The zero-order valence-corrected chi connectivity index (χ0v) is 10.7. The third kappa shape index (κ3) is 2.77. The molecule has 0 bridgehead atoms. The molecule has 0 aliphatic rings. The van der Waals surface area contributed by atoms with Gasteiger partial charge in [-0.1, -0.05) is 6.92 Å². The van der Waals surface area contributed by atoms with Crippen LogP contribution < -0.4 is 11.1 Å². The number of aromatic nitrogens is 3. The summed E-state index contributed by atoms with van der Waals surface area (Å²) in [6.07, 6.45) is 4.48. The molecule has 6 heteroatoms. The van der Waals surface area contributed by atoms with E-state index in [-0.39, 0.29) is 0 Å². The van der Waals surface area contributed by atoms with E-state index in [2.05, 4.69) is 34.2 Å². The summed E-state index contributed by atoms with van der Waals surface area (Å²) < 4.78 is 1.76. The van der Waals surface area contributed by atoms with Crippen LogP contribution in [0.4, 0.5) is 0 Å². The maximum absolute atomic E-state index is 5.81. The number of nitrogens with zero attached hydrogens (tertiary/aromatic N) is 4. The van der Waals surface area contributed by atoms with E-state index < -0.39 is 0 Å². The third-order valence-electron chi connectivity index (χ3n) is 2.79. The van der Waals surface area contributed by atoms with Gasteiger partial charge in [0.15, 0.2) is 11.6 Å². The maximum atomic E-state index is 5.81. The summed E-state index contributed by atoms with van der Waals surface area (Å²) in [5.41, 5.74) is 7.58. The number of hydrogen-bond acceptors (Lipinski definition) is 3.